The third-order valence-corrected chi connectivity index (χ3v) is 4.07. The van der Waals surface area contributed by atoms with Crippen LogP contribution in [0.25, 0.3) is 0 Å². The van der Waals surface area contributed by atoms with Crippen LogP contribution in [0.1, 0.15) is 59.7 Å². The first-order chi connectivity index (χ1) is 11.6. The molecule has 1 amide bonds. The second-order valence-electron chi connectivity index (χ2n) is 5.94. The Morgan fingerprint density at radius 2 is 2.00 bits per heavy atom. The Morgan fingerprint density at radius 3 is 2.62 bits per heavy atom. The lowest BCUT2D eigenvalue weighted by Crippen LogP contribution is -2.36. The zero-order valence-corrected chi connectivity index (χ0v) is 13.9. The van der Waals surface area contributed by atoms with Gasteiger partial charge in [0.15, 0.2) is 6.10 Å². The van der Waals surface area contributed by atoms with Crippen LogP contribution in [0.4, 0.5) is 0 Å². The van der Waals surface area contributed by atoms with Gasteiger partial charge in [-0.05, 0) is 51.2 Å². The molecule has 5 nitrogen and oxygen atoms in total. The number of allylic oxidation sites excluding steroid dienone is 1. The number of amides is 1. The number of carbonyl (C=O) groups excluding carboxylic acids is 3. The molecular weight excluding hydrogens is 306 g/mol. The SMILES string of the molecule is C[C@@H](OC(=O)c1ccc(C=O)cc1)C(=O)NCCC1=CCCCC1. The minimum absolute atomic E-state index is 0.302. The molecule has 0 spiro atoms. The smallest absolute Gasteiger partial charge is 0.338 e. The maximum absolute atomic E-state index is 12.0. The van der Waals surface area contributed by atoms with Gasteiger partial charge >= 0.3 is 5.97 Å². The fraction of sp³-hybridized carbons (Fsp3) is 0.421. The number of aldehydes is 1. The van der Waals surface area contributed by atoms with E-state index in [0.717, 1.165) is 19.3 Å². The average molecular weight is 329 g/mol. The van der Waals surface area contributed by atoms with Gasteiger partial charge in [-0.15, -0.1) is 0 Å². The lowest BCUT2D eigenvalue weighted by molar-refractivity contribution is -0.129. The Bertz CT molecular complexity index is 619. The van der Waals surface area contributed by atoms with E-state index in [1.54, 1.807) is 6.92 Å². The van der Waals surface area contributed by atoms with Crippen LogP contribution in [-0.2, 0) is 9.53 Å². The van der Waals surface area contributed by atoms with E-state index < -0.39 is 12.1 Å². The van der Waals surface area contributed by atoms with E-state index in [2.05, 4.69) is 11.4 Å². The van der Waals surface area contributed by atoms with Crippen molar-refractivity contribution in [3.8, 4) is 0 Å². The minimum atomic E-state index is -0.858. The van der Waals surface area contributed by atoms with E-state index in [1.165, 1.54) is 42.7 Å². The lowest BCUT2D eigenvalue weighted by atomic mass is 9.97. The maximum atomic E-state index is 12.0. The standard InChI is InChI=1S/C19H23NO4/c1-14(18(22)20-12-11-15-5-3-2-4-6-15)24-19(23)17-9-7-16(13-21)8-10-17/h5,7-10,13-14H,2-4,6,11-12H2,1H3,(H,20,22)/t14-/m1/s1. The summed E-state index contributed by atoms with van der Waals surface area (Å²) in [6, 6.07) is 6.08. The molecule has 0 saturated heterocycles. The topological polar surface area (TPSA) is 72.5 Å². The van der Waals surface area contributed by atoms with E-state index in [1.807, 2.05) is 0 Å². The molecule has 1 atom stereocenters. The van der Waals surface area contributed by atoms with Crippen LogP contribution in [-0.4, -0.2) is 30.8 Å². The van der Waals surface area contributed by atoms with Crippen LogP contribution in [0.3, 0.4) is 0 Å². The Labute approximate surface area is 142 Å². The highest BCUT2D eigenvalue weighted by molar-refractivity contribution is 5.92. The Balaban J connectivity index is 1.76. The summed E-state index contributed by atoms with van der Waals surface area (Å²) in [5.74, 6) is -0.880. The molecule has 1 N–H and O–H groups in total. The average Bonchev–Trinajstić information content (AvgIpc) is 2.62. The van der Waals surface area contributed by atoms with Crippen LogP contribution >= 0.6 is 0 Å². The van der Waals surface area contributed by atoms with Gasteiger partial charge < -0.3 is 10.1 Å². The summed E-state index contributed by atoms with van der Waals surface area (Å²) in [4.78, 5) is 34.6. The summed E-state index contributed by atoms with van der Waals surface area (Å²) in [5, 5.41) is 2.80. The number of esters is 1. The maximum Gasteiger partial charge on any atom is 0.338 e. The number of hydrogen-bond donors (Lipinski definition) is 1. The minimum Gasteiger partial charge on any atom is -0.449 e. The van der Waals surface area contributed by atoms with E-state index in [-0.39, 0.29) is 5.91 Å². The van der Waals surface area contributed by atoms with Gasteiger partial charge in [0, 0.05) is 12.1 Å². The molecule has 1 aliphatic rings. The van der Waals surface area contributed by atoms with Crippen molar-refractivity contribution < 1.29 is 19.1 Å². The summed E-state index contributed by atoms with van der Waals surface area (Å²) in [5.41, 5.74) is 2.18. The van der Waals surface area contributed by atoms with Crippen LogP contribution in [0.15, 0.2) is 35.9 Å². The summed E-state index contributed by atoms with van der Waals surface area (Å²) >= 11 is 0. The molecule has 0 aromatic heterocycles. The van der Waals surface area contributed by atoms with Crippen molar-refractivity contribution in [2.24, 2.45) is 0 Å². The number of hydrogen-bond acceptors (Lipinski definition) is 4. The van der Waals surface area contributed by atoms with Crippen molar-refractivity contribution in [1.29, 1.82) is 0 Å². The van der Waals surface area contributed by atoms with Crippen molar-refractivity contribution in [2.45, 2.75) is 45.1 Å². The predicted molar refractivity (Wildman–Crippen MR) is 90.9 cm³/mol. The van der Waals surface area contributed by atoms with Gasteiger partial charge in [-0.3, -0.25) is 9.59 Å². The van der Waals surface area contributed by atoms with Crippen molar-refractivity contribution >= 4 is 18.2 Å². The molecule has 0 unspecified atom stereocenters. The molecule has 0 bridgehead atoms. The quantitative estimate of drug-likeness (QED) is 0.474. The van der Waals surface area contributed by atoms with Gasteiger partial charge in [0.1, 0.15) is 6.29 Å². The van der Waals surface area contributed by atoms with Gasteiger partial charge in [0.2, 0.25) is 0 Å². The number of carbonyl (C=O) groups is 3. The molecule has 0 radical (unpaired) electrons. The normalized spacial score (nSPS) is 15.1. The zero-order chi connectivity index (χ0) is 17.4. The Kier molecular flexibility index (Phi) is 6.73. The third-order valence-electron chi connectivity index (χ3n) is 4.07. The van der Waals surface area contributed by atoms with Gasteiger partial charge in [-0.2, -0.15) is 0 Å². The van der Waals surface area contributed by atoms with Gasteiger partial charge in [-0.1, -0.05) is 23.8 Å². The molecule has 0 fully saturated rings. The van der Waals surface area contributed by atoms with Crippen molar-refractivity contribution in [1.82, 2.24) is 5.32 Å². The van der Waals surface area contributed by atoms with E-state index in [4.69, 9.17) is 4.74 Å². The summed E-state index contributed by atoms with van der Waals surface area (Å²) in [6.45, 7) is 2.10. The van der Waals surface area contributed by atoms with Crippen LogP contribution < -0.4 is 5.32 Å². The van der Waals surface area contributed by atoms with E-state index >= 15 is 0 Å². The first kappa shape index (κ1) is 17.9. The predicted octanol–water partition coefficient (Wildman–Crippen LogP) is 3.05. The molecule has 2 rings (SSSR count). The third kappa shape index (κ3) is 5.33. The summed E-state index contributed by atoms with van der Waals surface area (Å²) in [7, 11) is 0. The summed E-state index contributed by atoms with van der Waals surface area (Å²) in [6.07, 6.45) is 7.64. The molecule has 0 heterocycles. The summed E-state index contributed by atoms with van der Waals surface area (Å²) < 4.78 is 5.16. The number of ether oxygens (including phenoxy) is 1. The fourth-order valence-corrected chi connectivity index (χ4v) is 2.60. The second-order valence-corrected chi connectivity index (χ2v) is 5.94. The molecule has 0 aliphatic heterocycles. The second kappa shape index (κ2) is 9.01. The molecule has 1 aromatic rings. The molecule has 1 aromatic carbocycles. The molecule has 0 saturated carbocycles. The number of nitrogens with one attached hydrogen (secondary N) is 1. The first-order valence-corrected chi connectivity index (χ1v) is 8.32. The molecule has 5 heteroatoms. The number of rotatable bonds is 7. The molecule has 1 aliphatic carbocycles. The van der Waals surface area contributed by atoms with Crippen LogP contribution in [0, 0.1) is 0 Å². The van der Waals surface area contributed by atoms with Crippen LogP contribution in [0.5, 0.6) is 0 Å². The highest BCUT2D eigenvalue weighted by Gasteiger charge is 2.18. The van der Waals surface area contributed by atoms with Crippen molar-refractivity contribution in [3.05, 3.63) is 47.0 Å². The highest BCUT2D eigenvalue weighted by atomic mass is 16.5. The lowest BCUT2D eigenvalue weighted by Gasteiger charge is -2.15. The molecule has 128 valence electrons. The van der Waals surface area contributed by atoms with Crippen molar-refractivity contribution in [3.63, 3.8) is 0 Å². The Hall–Kier alpha value is -2.43. The largest absolute Gasteiger partial charge is 0.449 e. The van der Waals surface area contributed by atoms with Crippen LogP contribution in [0.2, 0.25) is 0 Å². The number of benzene rings is 1. The molecular formula is C19H23NO4. The van der Waals surface area contributed by atoms with Gasteiger partial charge in [0.25, 0.3) is 5.91 Å². The zero-order valence-electron chi connectivity index (χ0n) is 13.9. The first-order valence-electron chi connectivity index (χ1n) is 8.32. The monoisotopic (exact) mass is 329 g/mol. The molecule has 24 heavy (non-hydrogen) atoms. The van der Waals surface area contributed by atoms with Gasteiger partial charge in [-0.25, -0.2) is 4.79 Å². The Morgan fingerprint density at radius 1 is 1.25 bits per heavy atom. The van der Waals surface area contributed by atoms with E-state index in [9.17, 15) is 14.4 Å². The van der Waals surface area contributed by atoms with E-state index in [0.29, 0.717) is 24.0 Å². The van der Waals surface area contributed by atoms with Crippen molar-refractivity contribution in [2.75, 3.05) is 6.54 Å². The fourth-order valence-electron chi connectivity index (χ4n) is 2.60. The highest BCUT2D eigenvalue weighted by Crippen LogP contribution is 2.19. The van der Waals surface area contributed by atoms with Gasteiger partial charge in [0.05, 0.1) is 5.56 Å².